The molecule has 0 spiro atoms. The normalized spacial score (nSPS) is 11.6. The molecule has 3 rings (SSSR count). The number of pyridine rings is 1. The van der Waals surface area contributed by atoms with Crippen LogP contribution in [0.15, 0.2) is 30.5 Å². The van der Waals surface area contributed by atoms with Gasteiger partial charge in [-0.2, -0.15) is 13.2 Å². The van der Waals surface area contributed by atoms with E-state index in [4.69, 9.17) is 39.5 Å². The average molecular weight is 454 g/mol. The number of aromatic nitrogens is 3. The first-order valence-corrected chi connectivity index (χ1v) is 8.73. The Hall–Kier alpha value is -2.23. The second-order valence-electron chi connectivity index (χ2n) is 5.52. The minimum Gasteiger partial charge on any atom is -0.482 e. The molecule has 0 bridgehead atoms. The van der Waals surface area contributed by atoms with Gasteiger partial charge in [0.25, 0.3) is 5.91 Å². The van der Waals surface area contributed by atoms with Crippen LogP contribution in [-0.4, -0.2) is 27.1 Å². The van der Waals surface area contributed by atoms with Crippen LogP contribution in [0.1, 0.15) is 11.4 Å². The first kappa shape index (κ1) is 20.5. The van der Waals surface area contributed by atoms with Gasteiger partial charge in [0, 0.05) is 11.2 Å². The largest absolute Gasteiger partial charge is 0.482 e. The summed E-state index contributed by atoms with van der Waals surface area (Å²) in [6.45, 7) is -0.554. The fraction of sp³-hybridized carbons (Fsp3) is 0.188. The summed E-state index contributed by atoms with van der Waals surface area (Å²) in [7, 11) is 0. The molecule has 1 N–H and O–H groups in total. The number of benzene rings is 1. The second-order valence-corrected chi connectivity index (χ2v) is 6.78. The summed E-state index contributed by atoms with van der Waals surface area (Å²) in [5.74, 6) is -0.211. The Bertz CT molecular complexity index is 1040. The van der Waals surface area contributed by atoms with E-state index in [2.05, 4.69) is 15.5 Å². The van der Waals surface area contributed by atoms with Gasteiger partial charge in [0.15, 0.2) is 18.1 Å². The summed E-state index contributed by atoms with van der Waals surface area (Å²) in [5.41, 5.74) is -0.916. The van der Waals surface area contributed by atoms with Gasteiger partial charge in [-0.25, -0.2) is 0 Å². The minimum absolute atomic E-state index is 0.0445. The summed E-state index contributed by atoms with van der Waals surface area (Å²) in [5, 5.41) is 10.4. The second kappa shape index (κ2) is 8.02. The smallest absolute Gasteiger partial charge is 0.417 e. The molecule has 2 aromatic heterocycles. The Labute approximate surface area is 171 Å². The van der Waals surface area contributed by atoms with E-state index < -0.39 is 17.6 Å². The van der Waals surface area contributed by atoms with Gasteiger partial charge >= 0.3 is 6.18 Å². The third-order valence-corrected chi connectivity index (χ3v) is 4.36. The van der Waals surface area contributed by atoms with Crippen molar-refractivity contribution < 1.29 is 22.7 Å². The third kappa shape index (κ3) is 4.60. The molecular formula is C16H10Cl3F3N4O2. The van der Waals surface area contributed by atoms with Crippen LogP contribution >= 0.6 is 34.8 Å². The predicted molar refractivity (Wildman–Crippen MR) is 96.8 cm³/mol. The van der Waals surface area contributed by atoms with Crippen molar-refractivity contribution in [2.24, 2.45) is 0 Å². The van der Waals surface area contributed by atoms with Crippen LogP contribution in [0.2, 0.25) is 15.1 Å². The molecule has 0 saturated carbocycles. The van der Waals surface area contributed by atoms with Crippen LogP contribution < -0.4 is 10.1 Å². The lowest BCUT2D eigenvalue weighted by atomic mass is 10.3. The van der Waals surface area contributed by atoms with E-state index in [1.807, 2.05) is 0 Å². The molecule has 0 fully saturated rings. The van der Waals surface area contributed by atoms with Gasteiger partial charge in [-0.05, 0) is 24.3 Å². The summed E-state index contributed by atoms with van der Waals surface area (Å²) < 4.78 is 45.2. The zero-order valence-corrected chi connectivity index (χ0v) is 16.0. The molecule has 12 heteroatoms. The lowest BCUT2D eigenvalue weighted by Crippen LogP contribution is -2.29. The number of halogens is 6. The number of nitrogens with one attached hydrogen (secondary N) is 1. The van der Waals surface area contributed by atoms with Crippen LogP contribution in [0.3, 0.4) is 0 Å². The Morgan fingerprint density at radius 3 is 2.57 bits per heavy atom. The summed E-state index contributed by atoms with van der Waals surface area (Å²) in [4.78, 5) is 12.0. The van der Waals surface area contributed by atoms with Crippen molar-refractivity contribution in [3.8, 4) is 5.75 Å². The van der Waals surface area contributed by atoms with E-state index in [0.29, 0.717) is 5.02 Å². The molecule has 0 aliphatic carbocycles. The lowest BCUT2D eigenvalue weighted by Gasteiger charge is -2.10. The maximum atomic E-state index is 12.9. The summed E-state index contributed by atoms with van der Waals surface area (Å²) in [6, 6.07) is 5.27. The van der Waals surface area contributed by atoms with Gasteiger partial charge in [0.2, 0.25) is 0 Å². The van der Waals surface area contributed by atoms with Crippen LogP contribution in [0.5, 0.6) is 5.75 Å². The first-order valence-electron chi connectivity index (χ1n) is 7.60. The number of alkyl halides is 3. The van der Waals surface area contributed by atoms with Gasteiger partial charge in [-0.1, -0.05) is 34.8 Å². The van der Waals surface area contributed by atoms with Crippen molar-refractivity contribution >= 4 is 46.4 Å². The molecule has 0 radical (unpaired) electrons. The van der Waals surface area contributed by atoms with E-state index >= 15 is 0 Å². The van der Waals surface area contributed by atoms with Crippen molar-refractivity contribution in [1.82, 2.24) is 19.9 Å². The highest BCUT2D eigenvalue weighted by molar-refractivity contribution is 6.35. The van der Waals surface area contributed by atoms with Gasteiger partial charge in [0.05, 0.1) is 22.2 Å². The average Bonchev–Trinajstić information content (AvgIpc) is 3.02. The van der Waals surface area contributed by atoms with Crippen LogP contribution in [0.25, 0.3) is 5.65 Å². The molecule has 0 aliphatic rings. The fourth-order valence-corrected chi connectivity index (χ4v) is 2.95. The highest BCUT2D eigenvalue weighted by Gasteiger charge is 2.32. The number of ether oxygens (including phenoxy) is 1. The van der Waals surface area contributed by atoms with E-state index in [0.717, 1.165) is 16.7 Å². The van der Waals surface area contributed by atoms with Gasteiger partial charge in [-0.3, -0.25) is 9.20 Å². The number of rotatable bonds is 5. The Morgan fingerprint density at radius 1 is 1.14 bits per heavy atom. The van der Waals surface area contributed by atoms with Gasteiger partial charge in [0.1, 0.15) is 5.75 Å². The van der Waals surface area contributed by atoms with Crippen molar-refractivity contribution in [3.63, 3.8) is 0 Å². The Kier molecular flexibility index (Phi) is 5.87. The standard InChI is InChI=1S/C16H10Cl3F3N4O2/c17-9-1-2-12(10(18)4-9)28-7-14(27)23-5-13-24-25-15-11(19)3-8(6-26(13)15)16(20,21)22/h1-4,6H,5,7H2,(H,23,27). The maximum absolute atomic E-state index is 12.9. The highest BCUT2D eigenvalue weighted by Crippen LogP contribution is 2.32. The Morgan fingerprint density at radius 2 is 1.89 bits per heavy atom. The fourth-order valence-electron chi connectivity index (χ4n) is 2.24. The molecule has 1 amide bonds. The van der Waals surface area contributed by atoms with Gasteiger partial charge < -0.3 is 10.1 Å². The number of hydrogen-bond donors (Lipinski definition) is 1. The Balaban J connectivity index is 1.67. The number of nitrogens with zero attached hydrogens (tertiary/aromatic N) is 3. The third-order valence-electron chi connectivity index (χ3n) is 3.55. The maximum Gasteiger partial charge on any atom is 0.417 e. The van der Waals surface area contributed by atoms with Crippen molar-refractivity contribution in [3.05, 3.63) is 56.9 Å². The first-order chi connectivity index (χ1) is 13.1. The molecule has 1 aromatic carbocycles. The molecule has 148 valence electrons. The highest BCUT2D eigenvalue weighted by atomic mass is 35.5. The summed E-state index contributed by atoms with van der Waals surface area (Å²) in [6.07, 6.45) is -3.78. The van der Waals surface area contributed by atoms with E-state index in [-0.39, 0.29) is 40.4 Å². The topological polar surface area (TPSA) is 68.5 Å². The zero-order valence-electron chi connectivity index (χ0n) is 13.7. The van der Waals surface area contributed by atoms with Crippen molar-refractivity contribution in [1.29, 1.82) is 0 Å². The van der Waals surface area contributed by atoms with E-state index in [1.54, 1.807) is 6.07 Å². The van der Waals surface area contributed by atoms with Crippen molar-refractivity contribution in [2.45, 2.75) is 12.7 Å². The molecule has 0 saturated heterocycles. The molecule has 0 aliphatic heterocycles. The number of amides is 1. The molecule has 0 atom stereocenters. The molecule has 0 unspecified atom stereocenters. The number of carbonyl (C=O) groups is 1. The zero-order chi connectivity index (χ0) is 20.5. The van der Waals surface area contributed by atoms with Gasteiger partial charge in [-0.15, -0.1) is 10.2 Å². The molecule has 6 nitrogen and oxygen atoms in total. The molecule has 2 heterocycles. The van der Waals surface area contributed by atoms with E-state index in [9.17, 15) is 18.0 Å². The van der Waals surface area contributed by atoms with Crippen LogP contribution in [-0.2, 0) is 17.5 Å². The van der Waals surface area contributed by atoms with E-state index in [1.165, 1.54) is 12.1 Å². The molecule has 28 heavy (non-hydrogen) atoms. The van der Waals surface area contributed by atoms with Crippen LogP contribution in [0.4, 0.5) is 13.2 Å². The lowest BCUT2D eigenvalue weighted by molar-refractivity contribution is -0.137. The van der Waals surface area contributed by atoms with Crippen LogP contribution in [0, 0.1) is 0 Å². The number of hydrogen-bond acceptors (Lipinski definition) is 4. The van der Waals surface area contributed by atoms with Crippen molar-refractivity contribution in [2.75, 3.05) is 6.61 Å². The number of carbonyl (C=O) groups excluding carboxylic acids is 1. The quantitative estimate of drug-likeness (QED) is 0.622. The summed E-state index contributed by atoms with van der Waals surface area (Å²) >= 11 is 17.5. The predicted octanol–water partition coefficient (Wildman–Crippen LogP) is 4.40. The SMILES string of the molecule is O=C(COc1ccc(Cl)cc1Cl)NCc1nnc2c(Cl)cc(C(F)(F)F)cn12. The number of fused-ring (bicyclic) bond motifs is 1. The molecular weight excluding hydrogens is 444 g/mol. The monoisotopic (exact) mass is 452 g/mol. The molecule has 3 aromatic rings. The minimum atomic E-state index is -4.59.